The minimum Gasteiger partial charge on any atom is -0.362 e. The summed E-state index contributed by atoms with van der Waals surface area (Å²) in [6.45, 7) is 5.21. The van der Waals surface area contributed by atoms with Gasteiger partial charge in [0.1, 0.15) is 5.60 Å². The molecule has 2 aliphatic heterocycles. The normalized spacial score (nSPS) is 35.9. The fraction of sp³-hybridized carbons (Fsp3) is 0.778. The van der Waals surface area contributed by atoms with E-state index in [0.717, 1.165) is 49.9 Å². The van der Waals surface area contributed by atoms with Gasteiger partial charge in [-0.05, 0) is 57.3 Å². The van der Waals surface area contributed by atoms with Gasteiger partial charge in [-0.15, -0.1) is 11.3 Å². The first kappa shape index (κ1) is 15.6. The number of nitrogens with zero attached hydrogens (tertiary/aromatic N) is 2. The summed E-state index contributed by atoms with van der Waals surface area (Å²) in [5, 5.41) is 0. The van der Waals surface area contributed by atoms with E-state index in [1.54, 1.807) is 11.3 Å². The van der Waals surface area contributed by atoms with Crippen LogP contribution in [0.15, 0.2) is 11.2 Å². The molecule has 23 heavy (non-hydrogen) atoms. The number of hydrogen-bond acceptors (Lipinski definition) is 3. The molecule has 2 unspecified atom stereocenters. The maximum absolute atomic E-state index is 13.0. The number of aryl methyl sites for hydroxylation is 2. The molecule has 2 saturated heterocycles. The Morgan fingerprint density at radius 3 is 2.78 bits per heavy atom. The second kappa shape index (κ2) is 5.85. The van der Waals surface area contributed by atoms with Crippen molar-refractivity contribution < 1.29 is 9.53 Å². The topological polar surface area (TPSA) is 43.6 Å². The number of ether oxygens (including phenoxy) is 1. The third kappa shape index (κ3) is 2.82. The second-order valence-electron chi connectivity index (χ2n) is 7.67. The van der Waals surface area contributed by atoms with Gasteiger partial charge in [0.2, 0.25) is 0 Å². The van der Waals surface area contributed by atoms with Crippen LogP contribution in [0.3, 0.4) is 0 Å². The van der Waals surface area contributed by atoms with Crippen molar-refractivity contribution in [3.8, 4) is 0 Å². The highest BCUT2D eigenvalue weighted by molar-refractivity contribution is 7.09. The van der Waals surface area contributed by atoms with Crippen LogP contribution < -0.4 is 4.80 Å². The van der Waals surface area contributed by atoms with Gasteiger partial charge in [0.05, 0.1) is 6.10 Å². The highest BCUT2D eigenvalue weighted by atomic mass is 32.1. The van der Waals surface area contributed by atoms with E-state index in [1.807, 2.05) is 0 Å². The van der Waals surface area contributed by atoms with Crippen LogP contribution >= 0.6 is 11.3 Å². The molecule has 0 N–H and O–H groups in total. The first-order valence-electron chi connectivity index (χ1n) is 9.02. The molecule has 0 radical (unpaired) electrons. The van der Waals surface area contributed by atoms with Crippen LogP contribution in [0, 0.1) is 18.8 Å². The molecule has 5 rings (SSSR count). The Balaban J connectivity index is 1.62. The molecule has 2 saturated carbocycles. The molecule has 3 heterocycles. The quantitative estimate of drug-likeness (QED) is 0.846. The Labute approximate surface area is 141 Å². The van der Waals surface area contributed by atoms with Crippen molar-refractivity contribution in [2.75, 3.05) is 0 Å². The second-order valence-corrected chi connectivity index (χ2v) is 8.88. The van der Waals surface area contributed by atoms with Gasteiger partial charge >= 0.3 is 0 Å². The SMILES string of the molecule is CCCCn1cc(C)s/c1=N\C(=O)C12CC3CC(CC(C3)O1)C2. The number of rotatable bonds is 4. The van der Waals surface area contributed by atoms with Crippen molar-refractivity contribution in [3.63, 3.8) is 0 Å². The number of thiazole rings is 1. The number of carbonyl (C=O) groups excluding carboxylic acids is 1. The number of hydrogen-bond donors (Lipinski definition) is 0. The van der Waals surface area contributed by atoms with E-state index in [2.05, 4.69) is 29.6 Å². The van der Waals surface area contributed by atoms with Crippen molar-refractivity contribution in [2.24, 2.45) is 16.8 Å². The van der Waals surface area contributed by atoms with E-state index in [4.69, 9.17) is 4.74 Å². The summed E-state index contributed by atoms with van der Waals surface area (Å²) in [4.78, 5) is 19.6. The molecule has 5 heteroatoms. The fourth-order valence-electron chi connectivity index (χ4n) is 4.86. The van der Waals surface area contributed by atoms with E-state index < -0.39 is 5.60 Å². The molecular formula is C18H26N2O2S. The summed E-state index contributed by atoms with van der Waals surface area (Å²) in [6, 6.07) is 0. The summed E-state index contributed by atoms with van der Waals surface area (Å²) >= 11 is 1.62. The van der Waals surface area contributed by atoms with Crippen molar-refractivity contribution >= 4 is 17.2 Å². The Bertz CT molecular complexity index is 638. The standard InChI is InChI=1S/C18H26N2O2S/c1-3-4-5-20-11-12(2)23-17(20)19-16(21)18-9-13-6-14(10-18)8-15(7-13)22-18/h11,13-15H,3-10H2,1-2H3/b19-17-. The summed E-state index contributed by atoms with van der Waals surface area (Å²) in [6.07, 6.45) is 10.1. The van der Waals surface area contributed by atoms with Crippen molar-refractivity contribution in [1.82, 2.24) is 4.57 Å². The van der Waals surface area contributed by atoms with Crippen LogP contribution in [-0.4, -0.2) is 22.2 Å². The number of carbonyl (C=O) groups is 1. The smallest absolute Gasteiger partial charge is 0.280 e. The lowest BCUT2D eigenvalue weighted by molar-refractivity contribution is -0.216. The van der Waals surface area contributed by atoms with Crippen LogP contribution in [0.5, 0.6) is 0 Å². The molecule has 0 spiro atoms. The van der Waals surface area contributed by atoms with Crippen LogP contribution in [0.1, 0.15) is 56.7 Å². The maximum Gasteiger partial charge on any atom is 0.280 e. The molecule has 0 aromatic carbocycles. The maximum atomic E-state index is 13.0. The third-order valence-electron chi connectivity index (χ3n) is 5.66. The fourth-order valence-corrected chi connectivity index (χ4v) is 5.72. The van der Waals surface area contributed by atoms with Crippen LogP contribution in [-0.2, 0) is 16.1 Å². The van der Waals surface area contributed by atoms with E-state index >= 15 is 0 Å². The van der Waals surface area contributed by atoms with Crippen molar-refractivity contribution in [1.29, 1.82) is 0 Å². The van der Waals surface area contributed by atoms with E-state index in [1.165, 1.54) is 11.3 Å². The lowest BCUT2D eigenvalue weighted by atomic mass is 9.62. The average molecular weight is 334 g/mol. The molecule has 4 nitrogen and oxygen atoms in total. The summed E-state index contributed by atoms with van der Waals surface area (Å²) in [5.74, 6) is 1.33. The van der Waals surface area contributed by atoms with E-state index in [0.29, 0.717) is 17.9 Å². The largest absolute Gasteiger partial charge is 0.362 e. The molecule has 2 aliphatic carbocycles. The van der Waals surface area contributed by atoms with Gasteiger partial charge in [0.25, 0.3) is 5.91 Å². The third-order valence-corrected chi connectivity index (χ3v) is 6.60. The number of unbranched alkanes of at least 4 members (excludes halogenated alkanes) is 1. The Morgan fingerprint density at radius 2 is 2.13 bits per heavy atom. The van der Waals surface area contributed by atoms with Crippen LogP contribution in [0.25, 0.3) is 0 Å². The molecule has 126 valence electrons. The number of aromatic nitrogens is 1. The lowest BCUT2D eigenvalue weighted by Crippen LogP contribution is -2.58. The van der Waals surface area contributed by atoms with Crippen LogP contribution in [0.2, 0.25) is 0 Å². The zero-order valence-electron chi connectivity index (χ0n) is 14.1. The van der Waals surface area contributed by atoms with E-state index in [-0.39, 0.29) is 5.91 Å². The predicted molar refractivity (Wildman–Crippen MR) is 90.2 cm³/mol. The highest BCUT2D eigenvalue weighted by Gasteiger charge is 2.56. The minimum absolute atomic E-state index is 0.0244. The van der Waals surface area contributed by atoms with Gasteiger partial charge in [-0.1, -0.05) is 13.3 Å². The highest BCUT2D eigenvalue weighted by Crippen LogP contribution is 2.53. The first-order valence-corrected chi connectivity index (χ1v) is 9.83. The van der Waals surface area contributed by atoms with Crippen molar-refractivity contribution in [2.45, 2.75) is 77.0 Å². The molecule has 4 aliphatic rings. The van der Waals surface area contributed by atoms with E-state index in [9.17, 15) is 4.79 Å². The summed E-state index contributed by atoms with van der Waals surface area (Å²) in [5.41, 5.74) is -0.602. The van der Waals surface area contributed by atoms with Gasteiger partial charge in [0, 0.05) is 17.6 Å². The molecule has 4 fully saturated rings. The van der Waals surface area contributed by atoms with Gasteiger partial charge < -0.3 is 9.30 Å². The minimum atomic E-state index is -0.602. The molecule has 2 atom stereocenters. The average Bonchev–Trinajstić information content (AvgIpc) is 2.83. The molecular weight excluding hydrogens is 308 g/mol. The summed E-state index contributed by atoms with van der Waals surface area (Å²) in [7, 11) is 0. The molecule has 1 aromatic rings. The molecule has 1 aromatic heterocycles. The zero-order chi connectivity index (χ0) is 16.0. The van der Waals surface area contributed by atoms with Crippen molar-refractivity contribution in [3.05, 3.63) is 15.9 Å². The molecule has 1 amide bonds. The Kier molecular flexibility index (Phi) is 3.96. The Morgan fingerprint density at radius 1 is 1.39 bits per heavy atom. The first-order chi connectivity index (χ1) is 11.1. The Hall–Kier alpha value is -0.940. The monoisotopic (exact) mass is 334 g/mol. The van der Waals surface area contributed by atoms with Gasteiger partial charge in [0.15, 0.2) is 4.80 Å². The zero-order valence-corrected chi connectivity index (χ0v) is 14.9. The van der Waals surface area contributed by atoms with Crippen LogP contribution in [0.4, 0.5) is 0 Å². The lowest BCUT2D eigenvalue weighted by Gasteiger charge is -2.54. The van der Waals surface area contributed by atoms with Gasteiger partial charge in [-0.25, -0.2) is 0 Å². The number of amides is 1. The van der Waals surface area contributed by atoms with Gasteiger partial charge in [-0.3, -0.25) is 4.79 Å². The van der Waals surface area contributed by atoms with Gasteiger partial charge in [-0.2, -0.15) is 4.99 Å². The summed E-state index contributed by atoms with van der Waals surface area (Å²) < 4.78 is 8.37. The molecule has 4 bridgehead atoms. The predicted octanol–water partition coefficient (Wildman–Crippen LogP) is 3.43.